The number of fused-ring (bicyclic) bond motifs is 4. The maximum atomic E-state index is 15.4. The standard InChI is InChI=1S/C36H31ClN2O6/c1-21-10-12-24(13-11-21)32(40)30-29(33(41)44-3)31(34(42)45-4)38-17-16-22(2)18-28(38)36(30)26-19-25(37)14-15-27(26)39(35(36)43)20-23-8-6-5-7-9-23/h5-19,28,30H,20H2,1-4H3/t28-,30-,36-/m1/s1. The summed E-state index contributed by atoms with van der Waals surface area (Å²) in [4.78, 5) is 61.0. The Kier molecular flexibility index (Phi) is 7.70. The van der Waals surface area contributed by atoms with Crippen LogP contribution in [0.15, 0.2) is 108 Å². The number of halogens is 1. The molecule has 0 N–H and O–H groups in total. The number of anilines is 1. The molecule has 3 aromatic rings. The number of aryl methyl sites for hydroxylation is 1. The second kappa shape index (κ2) is 11.5. The SMILES string of the molecule is COC(=O)C1=C(C(=O)OC)N2C=CC(C)=C[C@@H]2[C@@]2(C(=O)N(Cc3ccccc3)c3ccc(Cl)cc32)[C@H]1C(=O)c1ccc(C)cc1. The number of carbonyl (C=O) groups is 4. The number of benzene rings is 3. The highest BCUT2D eigenvalue weighted by Gasteiger charge is 2.68. The molecule has 45 heavy (non-hydrogen) atoms. The van der Waals surface area contributed by atoms with Crippen LogP contribution in [0, 0.1) is 12.8 Å². The van der Waals surface area contributed by atoms with Gasteiger partial charge in [-0.3, -0.25) is 9.59 Å². The third kappa shape index (κ3) is 4.68. The first-order chi connectivity index (χ1) is 21.6. The third-order valence-corrected chi connectivity index (χ3v) is 9.04. The molecule has 0 radical (unpaired) electrons. The predicted molar refractivity (Wildman–Crippen MR) is 169 cm³/mol. The minimum absolute atomic E-state index is 0.164. The van der Waals surface area contributed by atoms with Crippen LogP contribution in [-0.2, 0) is 35.8 Å². The molecule has 0 saturated carbocycles. The number of ether oxygens (including phenoxy) is 2. The van der Waals surface area contributed by atoms with Crippen molar-refractivity contribution < 1.29 is 28.7 Å². The van der Waals surface area contributed by atoms with Gasteiger partial charge in [0, 0.05) is 22.5 Å². The average Bonchev–Trinajstić information content (AvgIpc) is 3.27. The van der Waals surface area contributed by atoms with Crippen LogP contribution in [0.25, 0.3) is 0 Å². The van der Waals surface area contributed by atoms with Gasteiger partial charge in [-0.15, -0.1) is 0 Å². The van der Waals surface area contributed by atoms with E-state index in [4.69, 9.17) is 21.1 Å². The molecule has 0 saturated heterocycles. The van der Waals surface area contributed by atoms with Crippen LogP contribution < -0.4 is 4.90 Å². The minimum atomic E-state index is -1.73. The van der Waals surface area contributed by atoms with Crippen molar-refractivity contribution >= 4 is 40.9 Å². The molecule has 3 atom stereocenters. The van der Waals surface area contributed by atoms with Crippen molar-refractivity contribution in [2.75, 3.05) is 19.1 Å². The molecule has 3 aromatic carbocycles. The molecule has 0 fully saturated rings. The van der Waals surface area contributed by atoms with Crippen LogP contribution in [0.1, 0.15) is 34.0 Å². The molecule has 228 valence electrons. The topological polar surface area (TPSA) is 93.2 Å². The van der Waals surface area contributed by atoms with Gasteiger partial charge < -0.3 is 19.3 Å². The van der Waals surface area contributed by atoms with Crippen molar-refractivity contribution in [3.63, 3.8) is 0 Å². The molecule has 3 aliphatic rings. The van der Waals surface area contributed by atoms with Crippen molar-refractivity contribution in [1.82, 2.24) is 4.90 Å². The largest absolute Gasteiger partial charge is 0.466 e. The Balaban J connectivity index is 1.74. The Morgan fingerprint density at radius 1 is 0.911 bits per heavy atom. The first-order valence-electron chi connectivity index (χ1n) is 14.5. The summed E-state index contributed by atoms with van der Waals surface area (Å²) in [5.41, 5.74) is 1.75. The van der Waals surface area contributed by atoms with Crippen LogP contribution >= 0.6 is 11.6 Å². The van der Waals surface area contributed by atoms with E-state index in [1.165, 1.54) is 14.2 Å². The van der Waals surface area contributed by atoms with Crippen molar-refractivity contribution in [3.8, 4) is 0 Å². The number of esters is 2. The fraction of sp³-hybridized carbons (Fsp3) is 0.222. The highest BCUT2D eigenvalue weighted by atomic mass is 35.5. The molecule has 0 unspecified atom stereocenters. The van der Waals surface area contributed by atoms with Crippen LogP contribution in [0.4, 0.5) is 5.69 Å². The van der Waals surface area contributed by atoms with Gasteiger partial charge in [-0.05, 0) is 49.2 Å². The molecule has 9 heteroatoms. The fourth-order valence-corrected chi connectivity index (χ4v) is 6.96. The molecule has 0 aliphatic carbocycles. The third-order valence-electron chi connectivity index (χ3n) is 8.80. The van der Waals surface area contributed by atoms with Crippen molar-refractivity contribution in [3.05, 3.63) is 135 Å². The van der Waals surface area contributed by atoms with Gasteiger partial charge in [-0.2, -0.15) is 0 Å². The van der Waals surface area contributed by atoms with Crippen molar-refractivity contribution in [2.24, 2.45) is 5.92 Å². The molecule has 8 nitrogen and oxygen atoms in total. The molecule has 3 aliphatic heterocycles. The summed E-state index contributed by atoms with van der Waals surface area (Å²) in [6.45, 7) is 3.97. The lowest BCUT2D eigenvalue weighted by Gasteiger charge is -2.51. The molecule has 3 heterocycles. The lowest BCUT2D eigenvalue weighted by Crippen LogP contribution is -2.64. The van der Waals surface area contributed by atoms with E-state index in [9.17, 15) is 14.4 Å². The number of ketones is 1. The van der Waals surface area contributed by atoms with E-state index in [1.807, 2.05) is 50.3 Å². The van der Waals surface area contributed by atoms with E-state index in [-0.39, 0.29) is 23.4 Å². The lowest BCUT2D eigenvalue weighted by atomic mass is 9.58. The number of allylic oxidation sites excluding steroid dienone is 2. The van der Waals surface area contributed by atoms with Crippen LogP contribution in [0.2, 0.25) is 5.02 Å². The van der Waals surface area contributed by atoms with Gasteiger partial charge in [-0.1, -0.05) is 83.4 Å². The quantitative estimate of drug-likeness (QED) is 0.258. The molecule has 1 amide bonds. The van der Waals surface area contributed by atoms with Crippen LogP contribution in [0.5, 0.6) is 0 Å². The molecule has 0 bridgehead atoms. The van der Waals surface area contributed by atoms with Crippen molar-refractivity contribution in [1.29, 1.82) is 0 Å². The lowest BCUT2D eigenvalue weighted by molar-refractivity contribution is -0.143. The van der Waals surface area contributed by atoms with E-state index in [1.54, 1.807) is 64.5 Å². The molecular weight excluding hydrogens is 592 g/mol. The second-order valence-corrected chi connectivity index (χ2v) is 11.8. The van der Waals surface area contributed by atoms with E-state index in [0.29, 0.717) is 16.3 Å². The van der Waals surface area contributed by atoms with E-state index in [2.05, 4.69) is 0 Å². The first kappa shape index (κ1) is 30.1. The van der Waals surface area contributed by atoms with Gasteiger partial charge in [-0.25, -0.2) is 9.59 Å². The van der Waals surface area contributed by atoms with Gasteiger partial charge >= 0.3 is 11.9 Å². The second-order valence-electron chi connectivity index (χ2n) is 11.4. The Hall–Kier alpha value is -4.95. The smallest absolute Gasteiger partial charge is 0.355 e. The highest BCUT2D eigenvalue weighted by molar-refractivity contribution is 6.31. The van der Waals surface area contributed by atoms with Gasteiger partial charge in [0.1, 0.15) is 11.1 Å². The van der Waals surface area contributed by atoms with Crippen LogP contribution in [0.3, 0.4) is 0 Å². The number of hydrogen-bond donors (Lipinski definition) is 0. The zero-order chi connectivity index (χ0) is 32.0. The number of amides is 1. The summed E-state index contributed by atoms with van der Waals surface area (Å²) in [5, 5.41) is 0.352. The molecule has 1 spiro atoms. The Morgan fingerprint density at radius 2 is 1.60 bits per heavy atom. The number of Topliss-reactive ketones (excluding diaryl/α,β-unsaturated/α-hetero) is 1. The Labute approximate surface area is 266 Å². The summed E-state index contributed by atoms with van der Waals surface area (Å²) in [6.07, 6.45) is 5.26. The first-order valence-corrected chi connectivity index (χ1v) is 14.8. The minimum Gasteiger partial charge on any atom is -0.466 e. The number of rotatable bonds is 6. The maximum Gasteiger partial charge on any atom is 0.355 e. The number of hydrogen-bond acceptors (Lipinski definition) is 7. The van der Waals surface area contributed by atoms with Gasteiger partial charge in [0.2, 0.25) is 5.91 Å². The summed E-state index contributed by atoms with van der Waals surface area (Å²) in [7, 11) is 2.38. The van der Waals surface area contributed by atoms with Gasteiger partial charge in [0.05, 0.1) is 38.3 Å². The van der Waals surface area contributed by atoms with E-state index < -0.39 is 41.0 Å². The summed E-state index contributed by atoms with van der Waals surface area (Å²) >= 11 is 6.64. The Morgan fingerprint density at radius 3 is 2.27 bits per heavy atom. The summed E-state index contributed by atoms with van der Waals surface area (Å²) in [6, 6.07) is 20.6. The van der Waals surface area contributed by atoms with E-state index in [0.717, 1.165) is 16.7 Å². The summed E-state index contributed by atoms with van der Waals surface area (Å²) in [5.74, 6) is -4.17. The highest BCUT2D eigenvalue weighted by Crippen LogP contribution is 2.58. The zero-order valence-corrected chi connectivity index (χ0v) is 26.0. The van der Waals surface area contributed by atoms with Crippen molar-refractivity contribution in [2.45, 2.75) is 31.8 Å². The number of carbonyl (C=O) groups excluding carboxylic acids is 4. The zero-order valence-electron chi connectivity index (χ0n) is 25.2. The number of nitrogens with zero attached hydrogens (tertiary/aromatic N) is 2. The van der Waals surface area contributed by atoms with E-state index >= 15 is 4.79 Å². The number of methoxy groups -OCH3 is 2. The molecule has 0 aromatic heterocycles. The Bertz CT molecular complexity index is 1830. The molecular formula is C36H31ClN2O6. The summed E-state index contributed by atoms with van der Waals surface area (Å²) < 4.78 is 10.4. The van der Waals surface area contributed by atoms with Crippen LogP contribution in [-0.4, -0.2) is 48.8 Å². The molecule has 6 rings (SSSR count). The average molecular weight is 623 g/mol. The predicted octanol–water partition coefficient (Wildman–Crippen LogP) is 5.69. The normalized spacial score (nSPS) is 21.8. The maximum absolute atomic E-state index is 15.4. The van der Waals surface area contributed by atoms with Gasteiger partial charge in [0.15, 0.2) is 5.78 Å². The van der Waals surface area contributed by atoms with Gasteiger partial charge in [0.25, 0.3) is 0 Å². The fourth-order valence-electron chi connectivity index (χ4n) is 6.78. The monoisotopic (exact) mass is 622 g/mol.